The van der Waals surface area contributed by atoms with Crippen molar-refractivity contribution >= 4 is 23.1 Å². The third-order valence-corrected chi connectivity index (χ3v) is 5.50. The molecule has 1 aliphatic heterocycles. The predicted molar refractivity (Wildman–Crippen MR) is 116 cm³/mol. The minimum absolute atomic E-state index is 0.0259. The molecule has 1 fully saturated rings. The maximum Gasteiger partial charge on any atom is 0.295 e. The Morgan fingerprint density at radius 1 is 1.19 bits per heavy atom. The van der Waals surface area contributed by atoms with Crippen molar-refractivity contribution in [2.75, 3.05) is 27.2 Å². The molecule has 1 aliphatic rings. The fraction of sp³-hybridized carbons (Fsp3) is 0.348. The molecule has 1 N–H and O–H groups in total. The standard InChI is InChI=1S/C23H26N4O4/c1-14-9-10-16(31-14)20-18(22(29)23(30)27(20)13-7-11-25(3)4)21(28)19-15(2)24-17-8-5-6-12-26(17)19/h5-6,8-10,12,20,28H,7,11,13H2,1-4H3/b21-18+/t20-/m1/s1. The number of fused-ring (bicyclic) bond motifs is 1. The van der Waals surface area contributed by atoms with Crippen LogP contribution in [0.1, 0.15) is 35.4 Å². The van der Waals surface area contributed by atoms with Crippen LogP contribution in [0.5, 0.6) is 0 Å². The summed E-state index contributed by atoms with van der Waals surface area (Å²) in [5, 5.41) is 11.3. The van der Waals surface area contributed by atoms with E-state index in [0.29, 0.717) is 41.5 Å². The van der Waals surface area contributed by atoms with E-state index in [0.717, 1.165) is 6.54 Å². The van der Waals surface area contributed by atoms with E-state index in [-0.39, 0.29) is 11.3 Å². The zero-order valence-corrected chi connectivity index (χ0v) is 18.1. The molecule has 4 heterocycles. The summed E-state index contributed by atoms with van der Waals surface area (Å²) in [5.74, 6) is -0.476. The highest BCUT2D eigenvalue weighted by Gasteiger charge is 2.47. The molecule has 8 heteroatoms. The number of nitrogens with zero attached hydrogens (tertiary/aromatic N) is 4. The van der Waals surface area contributed by atoms with Crippen LogP contribution in [0.4, 0.5) is 0 Å². The fourth-order valence-electron chi connectivity index (χ4n) is 4.09. The molecule has 0 bridgehead atoms. The van der Waals surface area contributed by atoms with Gasteiger partial charge in [0.1, 0.15) is 28.9 Å². The molecule has 0 aliphatic carbocycles. The Morgan fingerprint density at radius 3 is 2.65 bits per heavy atom. The molecule has 31 heavy (non-hydrogen) atoms. The van der Waals surface area contributed by atoms with E-state index >= 15 is 0 Å². The molecular weight excluding hydrogens is 396 g/mol. The largest absolute Gasteiger partial charge is 0.505 e. The van der Waals surface area contributed by atoms with Gasteiger partial charge in [0.05, 0.1) is 11.3 Å². The van der Waals surface area contributed by atoms with Crippen molar-refractivity contribution in [3.63, 3.8) is 0 Å². The molecule has 3 aromatic heterocycles. The van der Waals surface area contributed by atoms with Crippen molar-refractivity contribution in [1.29, 1.82) is 0 Å². The maximum absolute atomic E-state index is 13.1. The molecule has 0 radical (unpaired) electrons. The molecule has 1 atom stereocenters. The van der Waals surface area contributed by atoms with Crippen molar-refractivity contribution < 1.29 is 19.1 Å². The van der Waals surface area contributed by atoms with E-state index in [1.807, 2.05) is 37.2 Å². The van der Waals surface area contributed by atoms with Crippen LogP contribution in [0, 0.1) is 13.8 Å². The van der Waals surface area contributed by atoms with E-state index in [4.69, 9.17) is 4.42 Å². The second-order valence-electron chi connectivity index (χ2n) is 8.07. The van der Waals surface area contributed by atoms with E-state index in [2.05, 4.69) is 4.98 Å². The van der Waals surface area contributed by atoms with Gasteiger partial charge in [-0.1, -0.05) is 6.07 Å². The van der Waals surface area contributed by atoms with Crippen LogP contribution >= 0.6 is 0 Å². The number of carbonyl (C=O) groups is 2. The Kier molecular flexibility index (Phi) is 5.41. The molecule has 162 valence electrons. The number of hydrogen-bond donors (Lipinski definition) is 1. The Hall–Kier alpha value is -3.39. The molecule has 0 saturated carbocycles. The van der Waals surface area contributed by atoms with Crippen LogP contribution < -0.4 is 0 Å². The summed E-state index contributed by atoms with van der Waals surface area (Å²) in [6.07, 6.45) is 2.45. The first-order chi connectivity index (χ1) is 14.8. The van der Waals surface area contributed by atoms with Crippen LogP contribution in [0.3, 0.4) is 0 Å². The highest BCUT2D eigenvalue weighted by molar-refractivity contribution is 6.46. The number of furan rings is 1. The lowest BCUT2D eigenvalue weighted by atomic mass is 10.0. The molecule has 0 unspecified atom stereocenters. The lowest BCUT2D eigenvalue weighted by Crippen LogP contribution is -2.32. The van der Waals surface area contributed by atoms with Crippen LogP contribution in [-0.2, 0) is 9.59 Å². The zero-order valence-electron chi connectivity index (χ0n) is 18.1. The van der Waals surface area contributed by atoms with E-state index in [1.165, 1.54) is 4.90 Å². The summed E-state index contributed by atoms with van der Waals surface area (Å²) >= 11 is 0. The van der Waals surface area contributed by atoms with Gasteiger partial charge in [-0.05, 0) is 65.2 Å². The summed E-state index contributed by atoms with van der Waals surface area (Å²) < 4.78 is 7.53. The maximum atomic E-state index is 13.1. The lowest BCUT2D eigenvalue weighted by Gasteiger charge is -2.24. The first-order valence-corrected chi connectivity index (χ1v) is 10.2. The van der Waals surface area contributed by atoms with Crippen molar-refractivity contribution in [3.8, 4) is 0 Å². The summed E-state index contributed by atoms with van der Waals surface area (Å²) in [5.41, 5.74) is 1.64. The van der Waals surface area contributed by atoms with Gasteiger partial charge in [0.2, 0.25) is 0 Å². The highest BCUT2D eigenvalue weighted by Crippen LogP contribution is 2.40. The van der Waals surface area contributed by atoms with Crippen LogP contribution in [0.15, 0.2) is 46.5 Å². The lowest BCUT2D eigenvalue weighted by molar-refractivity contribution is -0.140. The summed E-state index contributed by atoms with van der Waals surface area (Å²) in [4.78, 5) is 34.0. The van der Waals surface area contributed by atoms with Gasteiger partial charge in [0.25, 0.3) is 11.7 Å². The third-order valence-electron chi connectivity index (χ3n) is 5.50. The number of likely N-dealkylation sites (tertiary alicyclic amines) is 1. The molecule has 4 rings (SSSR count). The van der Waals surface area contributed by atoms with Gasteiger partial charge >= 0.3 is 0 Å². The van der Waals surface area contributed by atoms with Crippen molar-refractivity contribution in [1.82, 2.24) is 19.2 Å². The number of aryl methyl sites for hydroxylation is 2. The van der Waals surface area contributed by atoms with Gasteiger partial charge in [0.15, 0.2) is 5.76 Å². The van der Waals surface area contributed by atoms with Crippen molar-refractivity contribution in [3.05, 3.63) is 65.0 Å². The molecule has 0 aromatic carbocycles. The Morgan fingerprint density at radius 2 is 1.97 bits per heavy atom. The number of pyridine rings is 1. The third kappa shape index (κ3) is 3.63. The number of ketones is 1. The minimum Gasteiger partial charge on any atom is -0.505 e. The highest BCUT2D eigenvalue weighted by atomic mass is 16.3. The second-order valence-corrected chi connectivity index (χ2v) is 8.07. The second kappa shape index (κ2) is 8.03. The normalized spacial score (nSPS) is 18.6. The van der Waals surface area contributed by atoms with Crippen LogP contribution in [0.2, 0.25) is 0 Å². The Balaban J connectivity index is 1.86. The van der Waals surface area contributed by atoms with E-state index in [1.54, 1.807) is 36.6 Å². The predicted octanol–water partition coefficient (Wildman–Crippen LogP) is 2.92. The van der Waals surface area contributed by atoms with Gasteiger partial charge < -0.3 is 19.3 Å². The number of imidazole rings is 1. The summed E-state index contributed by atoms with van der Waals surface area (Å²) in [6, 6.07) is 8.23. The summed E-state index contributed by atoms with van der Waals surface area (Å²) in [7, 11) is 3.91. The number of aliphatic hydroxyl groups excluding tert-OH is 1. The van der Waals surface area contributed by atoms with Gasteiger partial charge in [-0.3, -0.25) is 14.0 Å². The Bertz CT molecular complexity index is 1190. The molecular formula is C23H26N4O4. The van der Waals surface area contributed by atoms with Crippen LogP contribution in [0.25, 0.3) is 11.4 Å². The molecule has 1 amide bonds. The van der Waals surface area contributed by atoms with Gasteiger partial charge in [-0.2, -0.15) is 0 Å². The fourth-order valence-corrected chi connectivity index (χ4v) is 4.09. The number of aromatic nitrogens is 2. The van der Waals surface area contributed by atoms with Gasteiger partial charge in [-0.15, -0.1) is 0 Å². The zero-order chi connectivity index (χ0) is 22.3. The quantitative estimate of drug-likeness (QED) is 0.373. The molecule has 1 saturated heterocycles. The summed E-state index contributed by atoms with van der Waals surface area (Å²) in [6.45, 7) is 4.70. The smallest absolute Gasteiger partial charge is 0.295 e. The number of amides is 1. The van der Waals surface area contributed by atoms with Crippen LogP contribution in [-0.4, -0.2) is 63.2 Å². The number of Topliss-reactive ketones (excluding diaryl/α,β-unsaturated/α-hetero) is 1. The van der Waals surface area contributed by atoms with Crippen molar-refractivity contribution in [2.45, 2.75) is 26.3 Å². The number of hydrogen-bond acceptors (Lipinski definition) is 6. The van der Waals surface area contributed by atoms with Gasteiger partial charge in [-0.25, -0.2) is 4.98 Å². The number of carbonyl (C=O) groups excluding carboxylic acids is 2. The molecule has 3 aromatic rings. The number of aliphatic hydroxyl groups is 1. The average molecular weight is 422 g/mol. The van der Waals surface area contributed by atoms with Crippen molar-refractivity contribution in [2.24, 2.45) is 0 Å². The first kappa shape index (κ1) is 20.9. The average Bonchev–Trinajstić information content (AvgIpc) is 3.36. The first-order valence-electron chi connectivity index (χ1n) is 10.2. The minimum atomic E-state index is -0.787. The molecule has 0 spiro atoms. The monoisotopic (exact) mass is 422 g/mol. The molecule has 8 nitrogen and oxygen atoms in total. The topological polar surface area (TPSA) is 91.3 Å². The number of rotatable bonds is 6. The van der Waals surface area contributed by atoms with E-state index in [9.17, 15) is 14.7 Å². The van der Waals surface area contributed by atoms with E-state index < -0.39 is 17.7 Å². The SMILES string of the molecule is Cc1ccc([C@@H]2/C(=C(\O)c3c(C)nc4ccccn34)C(=O)C(=O)N2CCCN(C)C)o1. The Labute approximate surface area is 180 Å². The van der Waals surface area contributed by atoms with Gasteiger partial charge in [0, 0.05) is 12.7 Å².